The standard InChI is InChI=1S/C14H17N3O4/c1-21-11-6-4-5-10(9-15)13(11)17-14(20)16-8-3-2-7-12(18)19/h4-6H,2-3,7-8H2,1H3,(H,18,19)(H2,16,17,20). The zero-order valence-corrected chi connectivity index (χ0v) is 11.7. The number of nitriles is 1. The molecule has 0 radical (unpaired) electrons. The SMILES string of the molecule is COc1cccc(C#N)c1NC(=O)NCCCCC(=O)O. The molecule has 2 amide bonds. The highest BCUT2D eigenvalue weighted by atomic mass is 16.5. The van der Waals surface area contributed by atoms with Crippen molar-refractivity contribution in [3.63, 3.8) is 0 Å². The third kappa shape index (κ3) is 5.40. The first-order chi connectivity index (χ1) is 10.1. The van der Waals surface area contributed by atoms with Gasteiger partial charge in [-0.15, -0.1) is 0 Å². The van der Waals surface area contributed by atoms with Gasteiger partial charge in [0.15, 0.2) is 0 Å². The van der Waals surface area contributed by atoms with Gasteiger partial charge in [-0.05, 0) is 25.0 Å². The van der Waals surface area contributed by atoms with E-state index in [1.165, 1.54) is 7.11 Å². The van der Waals surface area contributed by atoms with Crippen molar-refractivity contribution in [1.29, 1.82) is 5.26 Å². The van der Waals surface area contributed by atoms with Crippen LogP contribution in [0.2, 0.25) is 0 Å². The first-order valence-corrected chi connectivity index (χ1v) is 6.42. The molecular formula is C14H17N3O4. The molecule has 21 heavy (non-hydrogen) atoms. The van der Waals surface area contributed by atoms with E-state index in [0.29, 0.717) is 36.4 Å². The number of carboxylic acids is 1. The number of para-hydroxylation sites is 1. The summed E-state index contributed by atoms with van der Waals surface area (Å²) in [5, 5.41) is 22.7. The number of methoxy groups -OCH3 is 1. The third-order valence-electron chi connectivity index (χ3n) is 2.71. The Kier molecular flexibility index (Phi) is 6.54. The summed E-state index contributed by atoms with van der Waals surface area (Å²) >= 11 is 0. The topological polar surface area (TPSA) is 111 Å². The Balaban J connectivity index is 2.52. The predicted molar refractivity (Wildman–Crippen MR) is 76.2 cm³/mol. The molecule has 0 bridgehead atoms. The lowest BCUT2D eigenvalue weighted by molar-refractivity contribution is -0.137. The number of hydrogen-bond acceptors (Lipinski definition) is 4. The Hall–Kier alpha value is -2.75. The van der Waals surface area contributed by atoms with Crippen molar-refractivity contribution in [2.24, 2.45) is 0 Å². The van der Waals surface area contributed by atoms with Crippen molar-refractivity contribution in [2.45, 2.75) is 19.3 Å². The Morgan fingerprint density at radius 3 is 2.76 bits per heavy atom. The number of anilines is 1. The largest absolute Gasteiger partial charge is 0.495 e. The molecule has 0 aliphatic heterocycles. The maximum Gasteiger partial charge on any atom is 0.319 e. The van der Waals surface area contributed by atoms with Crippen molar-refractivity contribution in [1.82, 2.24) is 5.32 Å². The summed E-state index contributed by atoms with van der Waals surface area (Å²) in [6, 6.07) is 6.39. The number of carbonyl (C=O) groups excluding carboxylic acids is 1. The molecule has 0 saturated heterocycles. The lowest BCUT2D eigenvalue weighted by Crippen LogP contribution is -2.30. The summed E-state index contributed by atoms with van der Waals surface area (Å²) in [5.74, 6) is -0.456. The molecule has 0 atom stereocenters. The molecule has 0 aliphatic rings. The maximum atomic E-state index is 11.7. The lowest BCUT2D eigenvalue weighted by Gasteiger charge is -2.12. The van der Waals surface area contributed by atoms with Gasteiger partial charge in [-0.25, -0.2) is 4.79 Å². The molecule has 7 nitrogen and oxygen atoms in total. The Morgan fingerprint density at radius 2 is 2.14 bits per heavy atom. The number of nitrogens with zero attached hydrogens (tertiary/aromatic N) is 1. The summed E-state index contributed by atoms with van der Waals surface area (Å²) in [6.07, 6.45) is 1.14. The summed E-state index contributed by atoms with van der Waals surface area (Å²) in [6.45, 7) is 0.357. The number of carbonyl (C=O) groups is 2. The number of hydrogen-bond donors (Lipinski definition) is 3. The fourth-order valence-corrected chi connectivity index (χ4v) is 1.68. The van der Waals surface area contributed by atoms with E-state index in [1.54, 1.807) is 18.2 Å². The number of urea groups is 1. The van der Waals surface area contributed by atoms with Gasteiger partial charge >= 0.3 is 12.0 Å². The molecule has 0 unspecified atom stereocenters. The molecule has 0 fully saturated rings. The fourth-order valence-electron chi connectivity index (χ4n) is 1.68. The Labute approximate surface area is 122 Å². The van der Waals surface area contributed by atoms with E-state index in [1.807, 2.05) is 6.07 Å². The van der Waals surface area contributed by atoms with Gasteiger partial charge in [0, 0.05) is 13.0 Å². The molecule has 0 spiro atoms. The summed E-state index contributed by atoms with van der Waals surface area (Å²) in [5.41, 5.74) is 0.612. The minimum absolute atomic E-state index is 0.0778. The Morgan fingerprint density at radius 1 is 1.38 bits per heavy atom. The first-order valence-electron chi connectivity index (χ1n) is 6.42. The molecule has 7 heteroatoms. The molecule has 3 N–H and O–H groups in total. The molecule has 1 rings (SSSR count). The van der Waals surface area contributed by atoms with Gasteiger partial charge in [0.25, 0.3) is 0 Å². The van der Waals surface area contributed by atoms with Crippen LogP contribution in [0.25, 0.3) is 0 Å². The highest BCUT2D eigenvalue weighted by Crippen LogP contribution is 2.27. The predicted octanol–water partition coefficient (Wildman–Crippen LogP) is 1.94. The molecular weight excluding hydrogens is 274 g/mol. The van der Waals surface area contributed by atoms with Crippen LogP contribution in [0.15, 0.2) is 18.2 Å². The van der Waals surface area contributed by atoms with Gasteiger partial charge in [-0.1, -0.05) is 6.07 Å². The molecule has 0 heterocycles. The fraction of sp³-hybridized carbons (Fsp3) is 0.357. The average Bonchev–Trinajstić information content (AvgIpc) is 2.46. The van der Waals surface area contributed by atoms with Crippen LogP contribution in [0.5, 0.6) is 5.75 Å². The number of nitrogens with one attached hydrogen (secondary N) is 2. The van der Waals surface area contributed by atoms with Gasteiger partial charge < -0.3 is 20.5 Å². The van der Waals surface area contributed by atoms with E-state index >= 15 is 0 Å². The van der Waals surface area contributed by atoms with Crippen LogP contribution in [0.3, 0.4) is 0 Å². The number of rotatable bonds is 7. The molecule has 0 aliphatic carbocycles. The monoisotopic (exact) mass is 291 g/mol. The quantitative estimate of drug-likeness (QED) is 0.665. The van der Waals surface area contributed by atoms with Crippen LogP contribution in [-0.4, -0.2) is 30.8 Å². The van der Waals surface area contributed by atoms with Crippen molar-refractivity contribution in [3.8, 4) is 11.8 Å². The third-order valence-corrected chi connectivity index (χ3v) is 2.71. The number of amides is 2. The van der Waals surface area contributed by atoms with Crippen molar-refractivity contribution in [3.05, 3.63) is 23.8 Å². The van der Waals surface area contributed by atoms with Gasteiger partial charge in [0.2, 0.25) is 0 Å². The zero-order valence-electron chi connectivity index (χ0n) is 11.7. The zero-order chi connectivity index (χ0) is 15.7. The van der Waals surface area contributed by atoms with Crippen LogP contribution in [0.1, 0.15) is 24.8 Å². The molecule has 1 aromatic rings. The van der Waals surface area contributed by atoms with E-state index in [-0.39, 0.29) is 6.42 Å². The van der Waals surface area contributed by atoms with E-state index in [4.69, 9.17) is 15.1 Å². The minimum Gasteiger partial charge on any atom is -0.495 e. The second-order valence-corrected chi connectivity index (χ2v) is 4.23. The smallest absolute Gasteiger partial charge is 0.319 e. The van der Waals surface area contributed by atoms with E-state index in [9.17, 15) is 9.59 Å². The summed E-state index contributed by atoms with van der Waals surface area (Å²) < 4.78 is 5.10. The van der Waals surface area contributed by atoms with E-state index < -0.39 is 12.0 Å². The van der Waals surface area contributed by atoms with Gasteiger partial charge in [0.1, 0.15) is 17.5 Å². The van der Waals surface area contributed by atoms with Gasteiger partial charge in [-0.2, -0.15) is 5.26 Å². The first kappa shape index (κ1) is 16.3. The summed E-state index contributed by atoms with van der Waals surface area (Å²) in [7, 11) is 1.45. The van der Waals surface area contributed by atoms with Crippen LogP contribution < -0.4 is 15.4 Å². The molecule has 1 aromatic carbocycles. The van der Waals surface area contributed by atoms with Crippen molar-refractivity contribution < 1.29 is 19.4 Å². The van der Waals surface area contributed by atoms with Gasteiger partial charge in [-0.3, -0.25) is 4.79 Å². The van der Waals surface area contributed by atoms with E-state index in [2.05, 4.69) is 10.6 Å². The number of ether oxygens (including phenoxy) is 1. The Bertz CT molecular complexity index is 552. The van der Waals surface area contributed by atoms with Crippen LogP contribution >= 0.6 is 0 Å². The minimum atomic E-state index is -0.855. The molecule has 0 saturated carbocycles. The average molecular weight is 291 g/mol. The maximum absolute atomic E-state index is 11.7. The van der Waals surface area contributed by atoms with Crippen LogP contribution in [0, 0.1) is 11.3 Å². The second kappa shape index (κ2) is 8.43. The lowest BCUT2D eigenvalue weighted by atomic mass is 10.2. The normalized spacial score (nSPS) is 9.52. The molecule has 0 aromatic heterocycles. The number of aliphatic carboxylic acids is 1. The van der Waals surface area contributed by atoms with Crippen LogP contribution in [0.4, 0.5) is 10.5 Å². The highest BCUT2D eigenvalue weighted by Gasteiger charge is 2.11. The van der Waals surface area contributed by atoms with Crippen molar-refractivity contribution >= 4 is 17.7 Å². The van der Waals surface area contributed by atoms with Crippen LogP contribution in [-0.2, 0) is 4.79 Å². The van der Waals surface area contributed by atoms with Crippen molar-refractivity contribution in [2.75, 3.05) is 19.0 Å². The second-order valence-electron chi connectivity index (χ2n) is 4.23. The molecule has 112 valence electrons. The summed E-state index contributed by atoms with van der Waals surface area (Å²) in [4.78, 5) is 22.1. The number of carboxylic acid groups (broad SMARTS) is 1. The van der Waals surface area contributed by atoms with E-state index in [0.717, 1.165) is 0 Å². The van der Waals surface area contributed by atoms with Gasteiger partial charge in [0.05, 0.1) is 12.7 Å². The highest BCUT2D eigenvalue weighted by molar-refractivity contribution is 5.92. The number of unbranched alkanes of at least 4 members (excludes halogenated alkanes) is 1. The number of benzene rings is 1.